The maximum atomic E-state index is 12.8. The molecule has 1 aliphatic heterocycles. The fourth-order valence-electron chi connectivity index (χ4n) is 3.01. The minimum atomic E-state index is -0.336. The predicted octanol–water partition coefficient (Wildman–Crippen LogP) is 3.00. The van der Waals surface area contributed by atoms with Crippen molar-refractivity contribution in [3.8, 4) is 0 Å². The second-order valence-electron chi connectivity index (χ2n) is 5.54. The molecule has 2 aromatic rings. The number of nitrogens with zero attached hydrogens (tertiary/aromatic N) is 1. The molecule has 0 aromatic heterocycles. The molecule has 0 radical (unpaired) electrons. The number of rotatable bonds is 5. The lowest BCUT2D eigenvalue weighted by atomic mass is 10.1. The maximum Gasteiger partial charge on any atom is 0.259 e. The number of benzene rings is 2. The van der Waals surface area contributed by atoms with Gasteiger partial charge in [-0.1, -0.05) is 28.1 Å². The summed E-state index contributed by atoms with van der Waals surface area (Å²) in [5.74, 6) is -0.385. The Morgan fingerprint density at radius 1 is 1.35 bits per heavy atom. The van der Waals surface area contributed by atoms with Gasteiger partial charge in [-0.2, -0.15) is 0 Å². The first kappa shape index (κ1) is 15.7. The van der Waals surface area contributed by atoms with E-state index in [-0.39, 0.29) is 24.3 Å². The molecule has 23 heavy (non-hydrogen) atoms. The van der Waals surface area contributed by atoms with Crippen LogP contribution in [0.3, 0.4) is 0 Å². The fourth-order valence-corrected chi connectivity index (χ4v) is 3.48. The van der Waals surface area contributed by atoms with E-state index in [1.54, 1.807) is 4.90 Å². The summed E-state index contributed by atoms with van der Waals surface area (Å²) in [5, 5.41) is 4.06. The highest BCUT2D eigenvalue weighted by Crippen LogP contribution is 2.41. The Morgan fingerprint density at radius 2 is 2.13 bits per heavy atom. The van der Waals surface area contributed by atoms with E-state index in [9.17, 15) is 14.4 Å². The normalized spacial score (nSPS) is 14.2. The number of amides is 3. The molecule has 0 saturated heterocycles. The van der Waals surface area contributed by atoms with Crippen molar-refractivity contribution in [2.45, 2.75) is 25.8 Å². The lowest BCUT2D eigenvalue weighted by molar-refractivity contribution is -0.125. The molecule has 118 valence electrons. The number of carbonyl (C=O) groups excluding carboxylic acids is 3. The number of nitrogens with one attached hydrogen (secondary N) is 1. The van der Waals surface area contributed by atoms with Gasteiger partial charge >= 0.3 is 0 Å². The van der Waals surface area contributed by atoms with Crippen molar-refractivity contribution >= 4 is 50.6 Å². The molecule has 0 aliphatic carbocycles. The van der Waals surface area contributed by atoms with Crippen LogP contribution in [0.2, 0.25) is 0 Å². The van der Waals surface area contributed by atoms with Crippen LogP contribution < -0.4 is 10.2 Å². The Balaban J connectivity index is 1.92. The molecule has 0 bridgehead atoms. The van der Waals surface area contributed by atoms with Gasteiger partial charge in [-0.05, 0) is 36.9 Å². The van der Waals surface area contributed by atoms with Crippen LogP contribution in [-0.2, 0) is 9.59 Å². The van der Waals surface area contributed by atoms with E-state index in [0.29, 0.717) is 18.4 Å². The molecule has 0 fully saturated rings. The zero-order valence-electron chi connectivity index (χ0n) is 12.5. The molecule has 5 nitrogen and oxygen atoms in total. The predicted molar refractivity (Wildman–Crippen MR) is 91.4 cm³/mol. The molecule has 0 saturated carbocycles. The van der Waals surface area contributed by atoms with Crippen LogP contribution >= 0.6 is 15.9 Å². The number of carbonyl (C=O) groups is 3. The largest absolute Gasteiger partial charge is 0.305 e. The molecule has 1 aliphatic rings. The van der Waals surface area contributed by atoms with E-state index in [4.69, 9.17) is 0 Å². The molecule has 6 heteroatoms. The zero-order valence-corrected chi connectivity index (χ0v) is 14.1. The van der Waals surface area contributed by atoms with Crippen LogP contribution in [0.4, 0.5) is 5.69 Å². The third kappa shape index (κ3) is 2.63. The Hall–Kier alpha value is -2.21. The molecule has 1 atom stereocenters. The lowest BCUT2D eigenvalue weighted by Crippen LogP contribution is -2.36. The highest BCUT2D eigenvalue weighted by Gasteiger charge is 2.33. The number of hydrogen-bond donors (Lipinski definition) is 1. The standard InChI is InChI=1S/C17H15BrN2O3/c1-10(5-8-15(22)19-9-21)20-14-4-2-3-11-13(18)7-6-12(16(11)14)17(20)23/h2-4,6-7,9-10H,5,8H2,1H3,(H,19,21,22). The first-order valence-corrected chi connectivity index (χ1v) is 8.11. The smallest absolute Gasteiger partial charge is 0.259 e. The number of halogens is 1. The number of anilines is 1. The molecule has 1 heterocycles. The van der Waals surface area contributed by atoms with E-state index in [0.717, 1.165) is 20.9 Å². The van der Waals surface area contributed by atoms with Gasteiger partial charge in [0.1, 0.15) is 0 Å². The van der Waals surface area contributed by atoms with Gasteiger partial charge in [0.15, 0.2) is 0 Å². The van der Waals surface area contributed by atoms with Gasteiger partial charge in [-0.3, -0.25) is 19.7 Å². The maximum absolute atomic E-state index is 12.8. The summed E-state index contributed by atoms with van der Waals surface area (Å²) in [6.45, 7) is 1.91. The van der Waals surface area contributed by atoms with Crippen molar-refractivity contribution in [3.63, 3.8) is 0 Å². The SMILES string of the molecule is CC(CCC(=O)NC=O)N1C(=O)c2ccc(Br)c3cccc1c23. The highest BCUT2D eigenvalue weighted by atomic mass is 79.9. The molecule has 0 spiro atoms. The van der Waals surface area contributed by atoms with E-state index in [2.05, 4.69) is 21.2 Å². The van der Waals surface area contributed by atoms with Crippen molar-refractivity contribution in [2.24, 2.45) is 0 Å². The van der Waals surface area contributed by atoms with Crippen LogP contribution in [-0.4, -0.2) is 24.3 Å². The van der Waals surface area contributed by atoms with E-state index in [1.165, 1.54) is 0 Å². The summed E-state index contributed by atoms with van der Waals surface area (Å²) in [6.07, 6.45) is 1.05. The Bertz CT molecular complexity index is 819. The monoisotopic (exact) mass is 374 g/mol. The summed E-state index contributed by atoms with van der Waals surface area (Å²) in [5.41, 5.74) is 1.55. The fraction of sp³-hybridized carbons (Fsp3) is 0.235. The van der Waals surface area contributed by atoms with Gasteiger partial charge in [0.2, 0.25) is 12.3 Å². The van der Waals surface area contributed by atoms with Crippen molar-refractivity contribution in [1.82, 2.24) is 5.32 Å². The quantitative estimate of drug-likeness (QED) is 0.818. The molecule has 2 aromatic carbocycles. The summed E-state index contributed by atoms with van der Waals surface area (Å²) in [7, 11) is 0. The third-order valence-electron chi connectivity index (χ3n) is 4.12. The Morgan fingerprint density at radius 3 is 2.87 bits per heavy atom. The topological polar surface area (TPSA) is 66.5 Å². The number of imide groups is 1. The zero-order chi connectivity index (χ0) is 16.6. The molecular formula is C17H15BrN2O3. The molecule has 1 N–H and O–H groups in total. The van der Waals surface area contributed by atoms with Gasteiger partial charge in [0, 0.05) is 27.9 Å². The first-order chi connectivity index (χ1) is 11.0. The van der Waals surface area contributed by atoms with Crippen LogP contribution in [0.1, 0.15) is 30.1 Å². The van der Waals surface area contributed by atoms with Crippen molar-refractivity contribution in [1.29, 1.82) is 0 Å². The molecular weight excluding hydrogens is 360 g/mol. The van der Waals surface area contributed by atoms with Crippen molar-refractivity contribution in [3.05, 3.63) is 40.4 Å². The lowest BCUT2D eigenvalue weighted by Gasteiger charge is -2.25. The minimum absolute atomic E-state index is 0.0491. The van der Waals surface area contributed by atoms with Gasteiger partial charge in [-0.15, -0.1) is 0 Å². The van der Waals surface area contributed by atoms with Crippen LogP contribution in [0.25, 0.3) is 10.8 Å². The Labute approximate surface area is 141 Å². The van der Waals surface area contributed by atoms with Crippen LogP contribution in [0, 0.1) is 0 Å². The second kappa shape index (κ2) is 6.12. The van der Waals surface area contributed by atoms with Crippen LogP contribution in [0.5, 0.6) is 0 Å². The highest BCUT2D eigenvalue weighted by molar-refractivity contribution is 9.10. The van der Waals surface area contributed by atoms with Gasteiger partial charge in [0.05, 0.1) is 5.69 Å². The Kier molecular flexibility index (Phi) is 4.17. The summed E-state index contributed by atoms with van der Waals surface area (Å²) >= 11 is 3.52. The van der Waals surface area contributed by atoms with E-state index >= 15 is 0 Å². The average molecular weight is 375 g/mol. The average Bonchev–Trinajstić information content (AvgIpc) is 2.82. The van der Waals surface area contributed by atoms with E-state index < -0.39 is 0 Å². The summed E-state index contributed by atoms with van der Waals surface area (Å²) in [4.78, 5) is 36.2. The molecule has 1 unspecified atom stereocenters. The van der Waals surface area contributed by atoms with Gasteiger partial charge < -0.3 is 4.90 Å². The van der Waals surface area contributed by atoms with Crippen molar-refractivity contribution < 1.29 is 14.4 Å². The van der Waals surface area contributed by atoms with Gasteiger partial charge in [0.25, 0.3) is 5.91 Å². The first-order valence-electron chi connectivity index (χ1n) is 7.32. The van der Waals surface area contributed by atoms with E-state index in [1.807, 2.05) is 37.3 Å². The molecule has 3 amide bonds. The minimum Gasteiger partial charge on any atom is -0.305 e. The second-order valence-corrected chi connectivity index (χ2v) is 6.40. The van der Waals surface area contributed by atoms with Gasteiger partial charge in [-0.25, -0.2) is 0 Å². The number of hydrogen-bond acceptors (Lipinski definition) is 3. The van der Waals surface area contributed by atoms with Crippen LogP contribution in [0.15, 0.2) is 34.8 Å². The molecule has 3 rings (SSSR count). The summed E-state index contributed by atoms with van der Waals surface area (Å²) < 4.78 is 0.950. The van der Waals surface area contributed by atoms with Crippen molar-refractivity contribution in [2.75, 3.05) is 4.90 Å². The third-order valence-corrected chi connectivity index (χ3v) is 4.82. The summed E-state index contributed by atoms with van der Waals surface area (Å²) in [6, 6.07) is 9.38.